The minimum absolute atomic E-state index is 0.0511. The van der Waals surface area contributed by atoms with E-state index in [1.54, 1.807) is 30.3 Å². The summed E-state index contributed by atoms with van der Waals surface area (Å²) in [6.45, 7) is 0. The van der Waals surface area contributed by atoms with E-state index in [9.17, 15) is 18.2 Å². The summed E-state index contributed by atoms with van der Waals surface area (Å²) in [6.07, 6.45) is -0.0511. The molecule has 0 N–H and O–H groups in total. The number of hydrogen-bond acceptors (Lipinski definition) is 3. The number of Topliss-reactive ketones (excluding diaryl/α,β-unsaturated/α-hetero) is 2. The number of thiophene rings is 1. The number of hydrogen-bond donors (Lipinski definition) is 0. The number of rotatable bonds is 4. The van der Waals surface area contributed by atoms with Gasteiger partial charge in [0.05, 0.1) is 11.3 Å². The Morgan fingerprint density at radius 1 is 1.00 bits per heavy atom. The SMILES string of the molecule is F[B]F.O=C(CC(=O)c1cccs1)c1ccccc1. The van der Waals surface area contributed by atoms with Gasteiger partial charge in [0.15, 0.2) is 11.6 Å². The molecule has 97 valence electrons. The molecule has 0 unspecified atom stereocenters. The molecule has 0 spiro atoms. The zero-order valence-corrected chi connectivity index (χ0v) is 10.7. The van der Waals surface area contributed by atoms with Crippen LogP contribution in [0.1, 0.15) is 26.5 Å². The van der Waals surface area contributed by atoms with Gasteiger partial charge in [-0.2, -0.15) is 0 Å². The Bertz CT molecular complexity index is 515. The molecule has 1 radical (unpaired) electrons. The van der Waals surface area contributed by atoms with Crippen LogP contribution in [0.25, 0.3) is 0 Å². The van der Waals surface area contributed by atoms with Crippen LogP contribution in [0.4, 0.5) is 8.63 Å². The first-order valence-electron chi connectivity index (χ1n) is 5.36. The van der Waals surface area contributed by atoms with Crippen LogP contribution in [-0.4, -0.2) is 19.4 Å². The van der Waals surface area contributed by atoms with Crippen LogP contribution < -0.4 is 0 Å². The van der Waals surface area contributed by atoms with E-state index in [4.69, 9.17) is 0 Å². The summed E-state index contributed by atoms with van der Waals surface area (Å²) < 4.78 is 19.0. The van der Waals surface area contributed by atoms with Gasteiger partial charge >= 0.3 is 7.83 Å². The largest absolute Gasteiger partial charge is 0.577 e. The van der Waals surface area contributed by atoms with Gasteiger partial charge in [-0.15, -0.1) is 11.3 Å². The number of carbonyl (C=O) groups excluding carboxylic acids is 2. The summed E-state index contributed by atoms with van der Waals surface area (Å²) in [7, 11) is -1.00. The fraction of sp³-hybridized carbons (Fsp3) is 0.0769. The summed E-state index contributed by atoms with van der Waals surface area (Å²) in [5, 5.41) is 1.83. The topological polar surface area (TPSA) is 34.1 Å². The number of carbonyl (C=O) groups is 2. The highest BCUT2D eigenvalue weighted by molar-refractivity contribution is 7.12. The van der Waals surface area contributed by atoms with E-state index in [1.165, 1.54) is 11.3 Å². The Balaban J connectivity index is 0.000000550. The molecule has 0 atom stereocenters. The van der Waals surface area contributed by atoms with Crippen LogP contribution in [0.3, 0.4) is 0 Å². The van der Waals surface area contributed by atoms with Crippen molar-refractivity contribution in [2.24, 2.45) is 0 Å². The Kier molecular flexibility index (Phi) is 6.67. The van der Waals surface area contributed by atoms with Crippen molar-refractivity contribution in [3.05, 3.63) is 58.3 Å². The van der Waals surface area contributed by atoms with Crippen molar-refractivity contribution in [3.8, 4) is 0 Å². The van der Waals surface area contributed by atoms with Crippen LogP contribution in [0.5, 0.6) is 0 Å². The fourth-order valence-electron chi connectivity index (χ4n) is 1.40. The van der Waals surface area contributed by atoms with Crippen molar-refractivity contribution in [3.63, 3.8) is 0 Å². The van der Waals surface area contributed by atoms with Crippen LogP contribution in [0.15, 0.2) is 47.8 Å². The average molecular weight is 279 g/mol. The fourth-order valence-corrected chi connectivity index (χ4v) is 2.06. The zero-order chi connectivity index (χ0) is 14.1. The molecule has 0 amide bonds. The smallest absolute Gasteiger partial charge is 0.294 e. The maximum atomic E-state index is 11.7. The second kappa shape index (κ2) is 8.32. The molecule has 2 nitrogen and oxygen atoms in total. The van der Waals surface area contributed by atoms with Crippen LogP contribution >= 0.6 is 11.3 Å². The highest BCUT2D eigenvalue weighted by atomic mass is 32.1. The van der Waals surface area contributed by atoms with E-state index in [1.807, 2.05) is 17.5 Å². The Labute approximate surface area is 114 Å². The average Bonchev–Trinajstić information content (AvgIpc) is 2.94. The lowest BCUT2D eigenvalue weighted by molar-refractivity contribution is 0.0896. The molecule has 0 aliphatic carbocycles. The van der Waals surface area contributed by atoms with E-state index >= 15 is 0 Å². The quantitative estimate of drug-likeness (QED) is 0.486. The van der Waals surface area contributed by atoms with Crippen molar-refractivity contribution in [1.29, 1.82) is 0 Å². The normalized spacial score (nSPS) is 9.16. The van der Waals surface area contributed by atoms with Gasteiger partial charge in [0.2, 0.25) is 0 Å². The van der Waals surface area contributed by atoms with Gasteiger partial charge in [-0.1, -0.05) is 36.4 Å². The Morgan fingerprint density at radius 3 is 2.16 bits per heavy atom. The maximum absolute atomic E-state index is 11.7. The van der Waals surface area contributed by atoms with Gasteiger partial charge in [-0.25, -0.2) is 0 Å². The molecule has 2 aromatic rings. The number of halogens is 2. The van der Waals surface area contributed by atoms with Gasteiger partial charge < -0.3 is 0 Å². The van der Waals surface area contributed by atoms with Gasteiger partial charge in [-0.3, -0.25) is 18.2 Å². The predicted molar refractivity (Wildman–Crippen MR) is 72.0 cm³/mol. The first-order valence-corrected chi connectivity index (χ1v) is 6.24. The molecule has 1 aromatic carbocycles. The maximum Gasteiger partial charge on any atom is 0.577 e. The standard InChI is InChI=1S/C13H10O2S.BF2/c14-11(10-5-2-1-3-6-10)9-12(15)13-7-4-8-16-13;2-1-3/h1-8H,9H2;. The first-order chi connectivity index (χ1) is 9.19. The molecule has 0 saturated carbocycles. The highest BCUT2D eigenvalue weighted by Crippen LogP contribution is 2.13. The van der Waals surface area contributed by atoms with E-state index < -0.39 is 7.83 Å². The van der Waals surface area contributed by atoms with Crippen molar-refractivity contribution in [2.45, 2.75) is 6.42 Å². The summed E-state index contributed by atoms with van der Waals surface area (Å²) in [5.74, 6) is -0.233. The summed E-state index contributed by atoms with van der Waals surface area (Å²) in [5.41, 5.74) is 0.590. The summed E-state index contributed by atoms with van der Waals surface area (Å²) in [6, 6.07) is 12.4. The van der Waals surface area contributed by atoms with Crippen LogP contribution in [0.2, 0.25) is 0 Å². The number of ketones is 2. The molecule has 19 heavy (non-hydrogen) atoms. The molecule has 0 bridgehead atoms. The van der Waals surface area contributed by atoms with Gasteiger partial charge in [0.1, 0.15) is 0 Å². The van der Waals surface area contributed by atoms with Gasteiger partial charge in [-0.05, 0) is 11.4 Å². The molecule has 1 heterocycles. The minimum atomic E-state index is -1.00. The van der Waals surface area contributed by atoms with E-state index in [0.29, 0.717) is 10.4 Å². The van der Waals surface area contributed by atoms with Gasteiger partial charge in [0, 0.05) is 5.56 Å². The third-order valence-corrected chi connectivity index (χ3v) is 3.12. The Hall–Kier alpha value is -1.82. The molecular formula is C13H10BF2O2S. The monoisotopic (exact) mass is 279 g/mol. The van der Waals surface area contributed by atoms with Crippen molar-refractivity contribution >= 4 is 30.7 Å². The van der Waals surface area contributed by atoms with Crippen LogP contribution in [-0.2, 0) is 0 Å². The summed E-state index contributed by atoms with van der Waals surface area (Å²) >= 11 is 1.37. The third kappa shape index (κ3) is 5.13. The summed E-state index contributed by atoms with van der Waals surface area (Å²) in [4.78, 5) is 24.1. The van der Waals surface area contributed by atoms with E-state index in [-0.39, 0.29) is 18.0 Å². The highest BCUT2D eigenvalue weighted by Gasteiger charge is 2.13. The van der Waals surface area contributed by atoms with Crippen molar-refractivity contribution in [2.75, 3.05) is 0 Å². The molecule has 6 heteroatoms. The van der Waals surface area contributed by atoms with Crippen molar-refractivity contribution < 1.29 is 18.2 Å². The number of benzene rings is 1. The van der Waals surface area contributed by atoms with E-state index in [2.05, 4.69) is 0 Å². The van der Waals surface area contributed by atoms with Crippen LogP contribution in [0, 0.1) is 0 Å². The Morgan fingerprint density at radius 2 is 1.63 bits per heavy atom. The zero-order valence-electron chi connectivity index (χ0n) is 9.88. The second-order valence-corrected chi connectivity index (χ2v) is 4.40. The van der Waals surface area contributed by atoms with Crippen molar-refractivity contribution in [1.82, 2.24) is 0 Å². The van der Waals surface area contributed by atoms with E-state index in [0.717, 1.165) is 0 Å². The lowest BCUT2D eigenvalue weighted by Gasteiger charge is -1.98. The molecular weight excluding hydrogens is 269 g/mol. The third-order valence-electron chi connectivity index (χ3n) is 2.21. The minimum Gasteiger partial charge on any atom is -0.294 e. The van der Waals surface area contributed by atoms with Gasteiger partial charge in [0.25, 0.3) is 0 Å². The first kappa shape index (κ1) is 15.2. The molecule has 2 rings (SSSR count). The second-order valence-electron chi connectivity index (χ2n) is 3.45. The lowest BCUT2D eigenvalue weighted by Crippen LogP contribution is -2.07. The molecule has 0 fully saturated rings. The molecule has 0 saturated heterocycles. The lowest BCUT2D eigenvalue weighted by atomic mass is 10.1. The predicted octanol–water partition coefficient (Wildman–Crippen LogP) is 3.66. The molecule has 0 aliphatic heterocycles. The molecule has 0 aliphatic rings. The molecule has 1 aromatic heterocycles.